The van der Waals surface area contributed by atoms with Gasteiger partial charge in [-0.25, -0.2) is 0 Å². The van der Waals surface area contributed by atoms with Gasteiger partial charge in [0.1, 0.15) is 0 Å². The average molecular weight is 405 g/mol. The van der Waals surface area contributed by atoms with Crippen molar-refractivity contribution >= 4 is 17.2 Å². The lowest BCUT2D eigenvalue weighted by Crippen LogP contribution is -2.46. The molecule has 0 atom stereocenters. The van der Waals surface area contributed by atoms with Gasteiger partial charge in [0.2, 0.25) is 0 Å². The number of hydrogen-bond donors (Lipinski definition) is 1. The molecule has 2 aromatic rings. The molecule has 2 aliphatic rings. The monoisotopic (exact) mass is 404 g/mol. The number of thiophene rings is 1. The third kappa shape index (κ3) is 3.87. The Bertz CT molecular complexity index is 823. The number of nitrogens with one attached hydrogen (secondary N) is 1. The summed E-state index contributed by atoms with van der Waals surface area (Å²) in [7, 11) is 3.62. The van der Waals surface area contributed by atoms with E-state index in [2.05, 4.69) is 27.4 Å². The van der Waals surface area contributed by atoms with Gasteiger partial charge >= 0.3 is 0 Å². The molecule has 1 amide bonds. The largest absolute Gasteiger partial charge is 0.383 e. The minimum Gasteiger partial charge on any atom is -0.383 e. The first-order valence-electron chi connectivity index (χ1n) is 9.85. The zero-order chi connectivity index (χ0) is 19.6. The second-order valence-electron chi connectivity index (χ2n) is 7.51. The topological polar surface area (TPSA) is 68.6 Å². The molecule has 7 nitrogen and oxygen atoms in total. The second kappa shape index (κ2) is 8.32. The van der Waals surface area contributed by atoms with Gasteiger partial charge in [-0.05, 0) is 30.5 Å². The lowest BCUT2D eigenvalue weighted by molar-refractivity contribution is -0.0982. The first-order valence-corrected chi connectivity index (χ1v) is 10.7. The number of aromatic nitrogens is 2. The van der Waals surface area contributed by atoms with Crippen LogP contribution < -0.4 is 5.32 Å². The van der Waals surface area contributed by atoms with Gasteiger partial charge < -0.3 is 14.8 Å². The number of ether oxygens (including phenoxy) is 2. The highest BCUT2D eigenvalue weighted by Gasteiger charge is 2.42. The van der Waals surface area contributed by atoms with Crippen LogP contribution in [0.5, 0.6) is 0 Å². The summed E-state index contributed by atoms with van der Waals surface area (Å²) in [4.78, 5) is 17.0. The summed E-state index contributed by atoms with van der Waals surface area (Å²) in [5, 5.41) is 7.19. The molecule has 4 heterocycles. The molecule has 0 aromatic carbocycles. The van der Waals surface area contributed by atoms with Gasteiger partial charge in [0.15, 0.2) is 0 Å². The van der Waals surface area contributed by atoms with E-state index in [9.17, 15) is 4.79 Å². The van der Waals surface area contributed by atoms with Gasteiger partial charge in [-0.1, -0.05) is 0 Å². The summed E-state index contributed by atoms with van der Waals surface area (Å²) in [6, 6.07) is 4.14. The highest BCUT2D eigenvalue weighted by Crippen LogP contribution is 2.44. The predicted molar refractivity (Wildman–Crippen MR) is 108 cm³/mol. The Hall–Kier alpha value is -1.74. The summed E-state index contributed by atoms with van der Waals surface area (Å²) >= 11 is 1.62. The number of amides is 1. The summed E-state index contributed by atoms with van der Waals surface area (Å²) in [6.07, 6.45) is 4.66. The Morgan fingerprint density at radius 2 is 2.25 bits per heavy atom. The normalized spacial score (nSPS) is 18.9. The third-order valence-electron chi connectivity index (χ3n) is 5.79. The van der Waals surface area contributed by atoms with Crippen molar-refractivity contribution in [1.82, 2.24) is 20.0 Å². The molecule has 0 bridgehead atoms. The van der Waals surface area contributed by atoms with Crippen LogP contribution in [0.15, 0.2) is 18.3 Å². The van der Waals surface area contributed by atoms with Crippen LogP contribution in [0.25, 0.3) is 0 Å². The second-order valence-corrected chi connectivity index (χ2v) is 8.65. The van der Waals surface area contributed by atoms with E-state index in [-0.39, 0.29) is 11.5 Å². The lowest BCUT2D eigenvalue weighted by Gasteiger charge is -2.44. The van der Waals surface area contributed by atoms with Crippen molar-refractivity contribution in [3.8, 4) is 0 Å². The van der Waals surface area contributed by atoms with Crippen molar-refractivity contribution in [1.29, 1.82) is 0 Å². The Balaban J connectivity index is 1.44. The number of hydrogen-bond acceptors (Lipinski definition) is 6. The van der Waals surface area contributed by atoms with Crippen LogP contribution >= 0.6 is 11.3 Å². The first kappa shape index (κ1) is 19.6. The van der Waals surface area contributed by atoms with E-state index < -0.39 is 0 Å². The maximum Gasteiger partial charge on any atom is 0.261 e. The van der Waals surface area contributed by atoms with Gasteiger partial charge in [0.05, 0.1) is 29.4 Å². The molecule has 1 spiro atoms. The number of methoxy groups -OCH3 is 1. The van der Waals surface area contributed by atoms with Crippen molar-refractivity contribution in [3.63, 3.8) is 0 Å². The minimum absolute atomic E-state index is 0.0137. The molecule has 8 heteroatoms. The molecule has 28 heavy (non-hydrogen) atoms. The van der Waals surface area contributed by atoms with Crippen molar-refractivity contribution in [2.45, 2.75) is 31.4 Å². The maximum atomic E-state index is 12.5. The van der Waals surface area contributed by atoms with Crippen LogP contribution in [0.1, 0.15) is 38.6 Å². The highest BCUT2D eigenvalue weighted by atomic mass is 32.1. The van der Waals surface area contributed by atoms with E-state index in [1.807, 2.05) is 17.9 Å². The van der Waals surface area contributed by atoms with Crippen LogP contribution in [0.4, 0.5) is 0 Å². The third-order valence-corrected chi connectivity index (χ3v) is 6.99. The predicted octanol–water partition coefficient (Wildman–Crippen LogP) is 1.92. The number of fused-ring (bicyclic) bond motifs is 2. The van der Waals surface area contributed by atoms with E-state index in [1.165, 1.54) is 16.1 Å². The van der Waals surface area contributed by atoms with Gasteiger partial charge in [-0.15, -0.1) is 11.3 Å². The SMILES string of the molecule is COCCNC(=O)c1cc2c(s1)CCOC21CCN(Cc2ccnn2C)CC1. The number of nitrogens with zero attached hydrogens (tertiary/aromatic N) is 3. The van der Waals surface area contributed by atoms with Crippen molar-refractivity contribution in [2.75, 3.05) is 40.0 Å². The van der Waals surface area contributed by atoms with E-state index in [0.29, 0.717) is 13.2 Å². The number of carbonyl (C=O) groups is 1. The molecular formula is C20H28N4O3S. The summed E-state index contributed by atoms with van der Waals surface area (Å²) in [5.74, 6) is -0.0137. The maximum absolute atomic E-state index is 12.5. The van der Waals surface area contributed by atoms with Gasteiger partial charge in [0, 0.05) is 57.8 Å². The van der Waals surface area contributed by atoms with Crippen LogP contribution in [-0.4, -0.2) is 60.5 Å². The lowest BCUT2D eigenvalue weighted by atomic mass is 9.82. The molecule has 1 saturated heterocycles. The number of carbonyl (C=O) groups excluding carboxylic acids is 1. The van der Waals surface area contributed by atoms with Gasteiger partial charge in [0.25, 0.3) is 5.91 Å². The summed E-state index contributed by atoms with van der Waals surface area (Å²) in [6.45, 7) is 4.67. The fourth-order valence-electron chi connectivity index (χ4n) is 4.15. The molecule has 0 aliphatic carbocycles. The summed E-state index contributed by atoms with van der Waals surface area (Å²) in [5.41, 5.74) is 2.23. The smallest absolute Gasteiger partial charge is 0.261 e. The van der Waals surface area contributed by atoms with E-state index in [4.69, 9.17) is 9.47 Å². The highest BCUT2D eigenvalue weighted by molar-refractivity contribution is 7.14. The van der Waals surface area contributed by atoms with E-state index >= 15 is 0 Å². The Kier molecular flexibility index (Phi) is 5.82. The number of aryl methyl sites for hydroxylation is 1. The minimum atomic E-state index is -0.238. The van der Waals surface area contributed by atoms with Gasteiger partial charge in [-0.2, -0.15) is 5.10 Å². The average Bonchev–Trinajstić information content (AvgIpc) is 3.31. The number of likely N-dealkylation sites (tertiary alicyclic amines) is 1. The first-order chi connectivity index (χ1) is 13.6. The van der Waals surface area contributed by atoms with Crippen LogP contribution in [0.2, 0.25) is 0 Å². The quantitative estimate of drug-likeness (QED) is 0.745. The Morgan fingerprint density at radius 3 is 2.96 bits per heavy atom. The molecule has 4 rings (SSSR count). The fraction of sp³-hybridized carbons (Fsp3) is 0.600. The fourth-order valence-corrected chi connectivity index (χ4v) is 5.30. The molecule has 1 fully saturated rings. The van der Waals surface area contributed by atoms with Crippen molar-refractivity contribution in [2.24, 2.45) is 7.05 Å². The van der Waals surface area contributed by atoms with Crippen molar-refractivity contribution < 1.29 is 14.3 Å². The molecule has 2 aromatic heterocycles. The Labute approximate surface area is 169 Å². The van der Waals surface area contributed by atoms with Crippen LogP contribution in [0, 0.1) is 0 Å². The summed E-state index contributed by atoms with van der Waals surface area (Å²) < 4.78 is 13.3. The zero-order valence-electron chi connectivity index (χ0n) is 16.6. The molecule has 0 radical (unpaired) electrons. The Morgan fingerprint density at radius 1 is 1.43 bits per heavy atom. The van der Waals surface area contributed by atoms with Gasteiger partial charge in [-0.3, -0.25) is 14.4 Å². The molecule has 0 saturated carbocycles. The number of rotatable bonds is 6. The van der Waals surface area contributed by atoms with E-state index in [1.54, 1.807) is 18.4 Å². The zero-order valence-corrected chi connectivity index (χ0v) is 17.4. The molecule has 0 unspecified atom stereocenters. The standard InChI is InChI=1S/C20H28N4O3S/c1-23-15(3-7-22-23)14-24-9-5-20(6-10-24)16-13-18(19(25)21-8-12-26-2)28-17(16)4-11-27-20/h3,7,13H,4-6,8-12,14H2,1-2H3,(H,21,25). The molecular weight excluding hydrogens is 376 g/mol. The molecule has 152 valence electrons. The van der Waals surface area contributed by atoms with Crippen LogP contribution in [-0.2, 0) is 35.1 Å². The van der Waals surface area contributed by atoms with Crippen molar-refractivity contribution in [3.05, 3.63) is 39.3 Å². The van der Waals surface area contributed by atoms with Crippen LogP contribution in [0.3, 0.4) is 0 Å². The molecule has 2 aliphatic heterocycles. The molecule has 1 N–H and O–H groups in total. The number of piperidine rings is 1. The van der Waals surface area contributed by atoms with E-state index in [0.717, 1.165) is 50.4 Å².